The number of imide groups is 1. The molecule has 0 bridgehead atoms. The zero-order valence-electron chi connectivity index (χ0n) is 29.9. The maximum absolute atomic E-state index is 14.9. The molecule has 3 fully saturated rings. The molecule has 0 radical (unpaired) electrons. The summed E-state index contributed by atoms with van der Waals surface area (Å²) < 4.78 is 37.5. The van der Waals surface area contributed by atoms with Gasteiger partial charge in [0.05, 0.1) is 12.6 Å². The first-order chi connectivity index (χ1) is 25.7. The van der Waals surface area contributed by atoms with Gasteiger partial charge in [-0.3, -0.25) is 29.3 Å². The number of benzene rings is 2. The lowest BCUT2D eigenvalue weighted by Crippen LogP contribution is -2.49. The molecule has 13 nitrogen and oxygen atoms in total. The van der Waals surface area contributed by atoms with Gasteiger partial charge in [0.1, 0.15) is 0 Å². The van der Waals surface area contributed by atoms with Crippen LogP contribution in [0.3, 0.4) is 0 Å². The van der Waals surface area contributed by atoms with E-state index < -0.39 is 18.4 Å². The third-order valence-corrected chi connectivity index (χ3v) is 11.3. The molecule has 0 saturated carbocycles. The molecule has 0 atom stereocenters. The summed E-state index contributed by atoms with van der Waals surface area (Å²) in [7, 11) is 0. The number of hydrogen-bond donors (Lipinski definition) is 1. The van der Waals surface area contributed by atoms with Gasteiger partial charge in [0.25, 0.3) is 12.3 Å². The van der Waals surface area contributed by atoms with E-state index in [0.29, 0.717) is 95.6 Å². The van der Waals surface area contributed by atoms with Crippen molar-refractivity contribution in [3.63, 3.8) is 0 Å². The number of nitrogens with one attached hydrogen (secondary N) is 1. The molecule has 1 aromatic heterocycles. The van der Waals surface area contributed by atoms with Crippen LogP contribution in [0.15, 0.2) is 36.4 Å². The van der Waals surface area contributed by atoms with Crippen molar-refractivity contribution in [1.29, 1.82) is 0 Å². The van der Waals surface area contributed by atoms with Crippen LogP contribution in [0.5, 0.6) is 0 Å². The van der Waals surface area contributed by atoms with Gasteiger partial charge in [-0.15, -0.1) is 0 Å². The van der Waals surface area contributed by atoms with E-state index in [-0.39, 0.29) is 35.4 Å². The predicted octanol–water partition coefficient (Wildman–Crippen LogP) is 4.57. The summed E-state index contributed by atoms with van der Waals surface area (Å²) >= 11 is 0. The van der Waals surface area contributed by atoms with Crippen LogP contribution in [0.1, 0.15) is 77.8 Å². The Bertz CT molecular complexity index is 1920. The number of urea groups is 1. The fraction of sp³-hybridized carbons (Fsp3) is 0.500. The number of aromatic nitrogens is 2. The molecule has 280 valence electrons. The number of amides is 5. The Balaban J connectivity index is 1.02. The average molecular weight is 731 g/mol. The number of fused-ring (bicyclic) bond motifs is 2. The molecule has 0 unspecified atom stereocenters. The lowest BCUT2D eigenvalue weighted by atomic mass is 9.94. The highest BCUT2D eigenvalue weighted by molar-refractivity contribution is 6.05. The Labute approximate surface area is 306 Å². The zero-order chi connectivity index (χ0) is 36.8. The van der Waals surface area contributed by atoms with Crippen LogP contribution in [0.4, 0.5) is 36.5 Å². The number of ether oxygens (including phenoxy) is 1. The molecule has 2 aromatic carbocycles. The Morgan fingerprint density at radius 1 is 0.868 bits per heavy atom. The van der Waals surface area contributed by atoms with Gasteiger partial charge in [-0.25, -0.2) is 13.6 Å². The molecular weight excluding hydrogens is 686 g/mol. The van der Waals surface area contributed by atoms with E-state index in [4.69, 9.17) is 9.84 Å². The van der Waals surface area contributed by atoms with Crippen LogP contribution in [-0.2, 0) is 33.7 Å². The monoisotopic (exact) mass is 730 g/mol. The number of halogens is 2. The van der Waals surface area contributed by atoms with E-state index in [9.17, 15) is 28.0 Å². The summed E-state index contributed by atoms with van der Waals surface area (Å²) in [5, 5.41) is 7.48. The number of alkyl halides is 2. The smallest absolute Gasteiger partial charge is 0.328 e. The van der Waals surface area contributed by atoms with Gasteiger partial charge in [0.2, 0.25) is 11.8 Å². The SMILES string of the molecule is CC(=O)N1CCc2c(c(N3CCCc4cc(C(=O)N5CCN(c6ccc(N7CCC(=O)NC7=O)cc6)CC5)c(C(F)F)cc43)nn2C2CCOCC2)C1. The Morgan fingerprint density at radius 3 is 2.30 bits per heavy atom. The number of rotatable bonds is 6. The molecule has 5 amide bonds. The fourth-order valence-corrected chi connectivity index (χ4v) is 8.37. The third kappa shape index (κ3) is 6.70. The number of carbonyl (C=O) groups excluding carboxylic acids is 4. The highest BCUT2D eigenvalue weighted by atomic mass is 19.3. The minimum Gasteiger partial charge on any atom is -0.381 e. The van der Waals surface area contributed by atoms with Crippen molar-refractivity contribution >= 4 is 46.6 Å². The van der Waals surface area contributed by atoms with Gasteiger partial charge in [-0.1, -0.05) is 0 Å². The summed E-state index contributed by atoms with van der Waals surface area (Å²) in [5.74, 6) is 0.00325. The van der Waals surface area contributed by atoms with Crippen molar-refractivity contribution in [1.82, 2.24) is 24.9 Å². The predicted molar refractivity (Wildman–Crippen MR) is 193 cm³/mol. The van der Waals surface area contributed by atoms with Gasteiger partial charge in [0.15, 0.2) is 5.82 Å². The van der Waals surface area contributed by atoms with E-state index in [0.717, 1.165) is 41.8 Å². The minimum absolute atomic E-state index is 0.00989. The van der Waals surface area contributed by atoms with E-state index in [1.807, 2.05) is 34.1 Å². The molecule has 6 heterocycles. The first kappa shape index (κ1) is 35.0. The summed E-state index contributed by atoms with van der Waals surface area (Å²) in [6.45, 7) is 6.58. The van der Waals surface area contributed by atoms with Crippen LogP contribution < -0.4 is 20.0 Å². The molecule has 0 aliphatic carbocycles. The van der Waals surface area contributed by atoms with Crippen LogP contribution >= 0.6 is 0 Å². The van der Waals surface area contributed by atoms with Crippen molar-refractivity contribution in [2.45, 2.75) is 64.5 Å². The van der Waals surface area contributed by atoms with Crippen molar-refractivity contribution in [2.75, 3.05) is 73.7 Å². The summed E-state index contributed by atoms with van der Waals surface area (Å²) in [5.41, 5.74) is 4.89. The van der Waals surface area contributed by atoms with Gasteiger partial charge in [0, 0.05) is 118 Å². The van der Waals surface area contributed by atoms with Crippen LogP contribution in [0, 0.1) is 0 Å². The van der Waals surface area contributed by atoms with E-state index in [2.05, 4.69) is 14.9 Å². The minimum atomic E-state index is -2.86. The maximum atomic E-state index is 14.9. The number of nitrogens with zero attached hydrogens (tertiary/aromatic N) is 7. The number of piperazine rings is 1. The summed E-state index contributed by atoms with van der Waals surface area (Å²) in [6.07, 6.45) is 1.15. The molecule has 0 spiro atoms. The lowest BCUT2D eigenvalue weighted by Gasteiger charge is -2.37. The highest BCUT2D eigenvalue weighted by Crippen LogP contribution is 2.42. The number of anilines is 4. The quantitative estimate of drug-likeness (QED) is 0.392. The zero-order valence-corrected chi connectivity index (χ0v) is 29.9. The second kappa shape index (κ2) is 14.4. The first-order valence-electron chi connectivity index (χ1n) is 18.6. The maximum Gasteiger partial charge on any atom is 0.328 e. The molecule has 53 heavy (non-hydrogen) atoms. The number of hydrogen-bond acceptors (Lipinski definition) is 8. The second-order valence-electron chi connectivity index (χ2n) is 14.4. The molecule has 5 aliphatic heterocycles. The van der Waals surface area contributed by atoms with Gasteiger partial charge in [-0.2, -0.15) is 5.10 Å². The van der Waals surface area contributed by atoms with Crippen molar-refractivity contribution in [3.8, 4) is 0 Å². The van der Waals surface area contributed by atoms with E-state index in [1.54, 1.807) is 17.9 Å². The molecule has 5 aliphatic rings. The number of aryl methyl sites for hydroxylation is 1. The van der Waals surface area contributed by atoms with Crippen molar-refractivity contribution in [2.24, 2.45) is 0 Å². The Kier molecular flexibility index (Phi) is 9.52. The standard InChI is InChI=1S/C38H44F2N8O5/c1-24(49)45-13-8-32-31(23-45)36(42-48(32)28-10-19-53-20-11-28)47-12-2-3-25-21-30(29(35(39)40)22-33(25)47)37(51)44-17-15-43(16-18-44)26-4-6-27(7-5-26)46-14-9-34(50)41-38(46)52/h4-7,21-22,28,35H,2-3,8-20,23H2,1H3,(H,41,50,52). The van der Waals surface area contributed by atoms with Crippen molar-refractivity contribution < 1.29 is 32.7 Å². The Hall–Kier alpha value is -5.05. The van der Waals surface area contributed by atoms with E-state index >= 15 is 0 Å². The van der Waals surface area contributed by atoms with Crippen LogP contribution in [0.25, 0.3) is 0 Å². The lowest BCUT2D eigenvalue weighted by molar-refractivity contribution is -0.129. The Morgan fingerprint density at radius 2 is 1.60 bits per heavy atom. The van der Waals surface area contributed by atoms with Gasteiger partial charge >= 0.3 is 6.03 Å². The normalized spacial score (nSPS) is 19.7. The molecule has 8 rings (SSSR count). The fourth-order valence-electron chi connectivity index (χ4n) is 8.37. The summed E-state index contributed by atoms with van der Waals surface area (Å²) in [6, 6.07) is 10.4. The third-order valence-electron chi connectivity index (χ3n) is 11.3. The highest BCUT2D eigenvalue weighted by Gasteiger charge is 2.35. The molecule has 1 N–H and O–H groups in total. The van der Waals surface area contributed by atoms with Crippen LogP contribution in [0.2, 0.25) is 0 Å². The van der Waals surface area contributed by atoms with E-state index in [1.165, 1.54) is 11.0 Å². The molecule has 3 aromatic rings. The molecule has 3 saturated heterocycles. The molecule has 15 heteroatoms. The average Bonchev–Trinajstić information content (AvgIpc) is 3.56. The number of carbonyl (C=O) groups is 4. The van der Waals surface area contributed by atoms with Crippen LogP contribution in [-0.4, -0.2) is 102 Å². The largest absolute Gasteiger partial charge is 0.381 e. The van der Waals surface area contributed by atoms with Gasteiger partial charge in [-0.05, 0) is 67.6 Å². The first-order valence-corrected chi connectivity index (χ1v) is 18.6. The van der Waals surface area contributed by atoms with Crippen molar-refractivity contribution in [3.05, 3.63) is 64.3 Å². The summed E-state index contributed by atoms with van der Waals surface area (Å²) in [4.78, 5) is 59.3. The topological polar surface area (TPSA) is 124 Å². The molecular formula is C38H44F2N8O5. The second-order valence-corrected chi connectivity index (χ2v) is 14.4. The van der Waals surface area contributed by atoms with Gasteiger partial charge < -0.3 is 24.3 Å².